The van der Waals surface area contributed by atoms with Crippen LogP contribution >= 0.6 is 11.8 Å². The molecule has 3 rings (SSSR count). The van der Waals surface area contributed by atoms with E-state index < -0.39 is 9.84 Å². The molecule has 0 aliphatic carbocycles. The van der Waals surface area contributed by atoms with E-state index in [1.165, 1.54) is 11.8 Å². The first-order valence-electron chi connectivity index (χ1n) is 7.47. The van der Waals surface area contributed by atoms with E-state index in [0.717, 1.165) is 11.3 Å². The van der Waals surface area contributed by atoms with Crippen LogP contribution in [0.1, 0.15) is 0 Å². The van der Waals surface area contributed by atoms with Gasteiger partial charge in [0.1, 0.15) is 5.75 Å². The second-order valence-electron chi connectivity index (χ2n) is 5.08. The van der Waals surface area contributed by atoms with E-state index in [-0.39, 0.29) is 5.75 Å². The molecule has 1 heterocycles. The molecule has 0 radical (unpaired) electrons. The van der Waals surface area contributed by atoms with Gasteiger partial charge in [-0.05, 0) is 36.4 Å². The number of rotatable bonds is 7. The Morgan fingerprint density at radius 3 is 2.44 bits per heavy atom. The highest BCUT2D eigenvalue weighted by atomic mass is 32.2. The van der Waals surface area contributed by atoms with E-state index in [2.05, 4.69) is 10.2 Å². The largest absolute Gasteiger partial charge is 0.497 e. The van der Waals surface area contributed by atoms with Gasteiger partial charge < -0.3 is 9.15 Å². The number of hydrogen-bond donors (Lipinski definition) is 0. The normalized spacial score (nSPS) is 11.4. The highest BCUT2D eigenvalue weighted by Crippen LogP contribution is 2.25. The van der Waals surface area contributed by atoms with E-state index in [9.17, 15) is 8.42 Å². The molecule has 0 N–H and O–H groups in total. The molecule has 0 aliphatic heterocycles. The summed E-state index contributed by atoms with van der Waals surface area (Å²) in [5.41, 5.74) is 0.775. The first-order valence-corrected chi connectivity index (χ1v) is 10.1. The molecular weight excluding hydrogens is 360 g/mol. The van der Waals surface area contributed by atoms with Gasteiger partial charge in [0.05, 0.1) is 17.8 Å². The van der Waals surface area contributed by atoms with Gasteiger partial charge in [-0.1, -0.05) is 30.0 Å². The SMILES string of the molecule is COc1ccc(-c2nnc(SCCS(=O)(=O)c3ccccc3)o2)cc1. The molecule has 0 saturated carbocycles. The molecule has 0 spiro atoms. The number of hydrogen-bond acceptors (Lipinski definition) is 7. The van der Waals surface area contributed by atoms with E-state index in [1.807, 2.05) is 12.1 Å². The van der Waals surface area contributed by atoms with Crippen LogP contribution in [0.2, 0.25) is 0 Å². The van der Waals surface area contributed by atoms with E-state index in [0.29, 0.717) is 21.8 Å². The fourth-order valence-corrected chi connectivity index (χ4v) is 4.53. The Kier molecular flexibility index (Phi) is 5.40. The summed E-state index contributed by atoms with van der Waals surface area (Å²) < 4.78 is 35.1. The first-order chi connectivity index (χ1) is 12.1. The summed E-state index contributed by atoms with van der Waals surface area (Å²) in [4.78, 5) is 0.319. The third-order valence-electron chi connectivity index (χ3n) is 3.42. The molecule has 0 saturated heterocycles. The summed E-state index contributed by atoms with van der Waals surface area (Å²) in [6.45, 7) is 0. The van der Waals surface area contributed by atoms with Crippen molar-refractivity contribution in [2.45, 2.75) is 10.1 Å². The minimum absolute atomic E-state index is 0.00191. The zero-order valence-electron chi connectivity index (χ0n) is 13.5. The zero-order chi connectivity index (χ0) is 17.7. The molecular formula is C17H16N2O4S2. The van der Waals surface area contributed by atoms with Crippen LogP contribution in [0.5, 0.6) is 5.75 Å². The molecule has 0 unspecified atom stereocenters. The van der Waals surface area contributed by atoms with Crippen molar-refractivity contribution in [2.75, 3.05) is 18.6 Å². The number of ether oxygens (including phenoxy) is 1. The molecule has 0 bridgehead atoms. The van der Waals surface area contributed by atoms with Crippen molar-refractivity contribution in [3.05, 3.63) is 54.6 Å². The second kappa shape index (κ2) is 7.71. The molecule has 0 amide bonds. The van der Waals surface area contributed by atoms with Crippen LogP contribution in [-0.4, -0.2) is 37.2 Å². The molecule has 130 valence electrons. The average molecular weight is 376 g/mol. The Bertz CT molecular complexity index is 923. The summed E-state index contributed by atoms with van der Waals surface area (Å²) in [6.07, 6.45) is 0. The standard InChI is InChI=1S/C17H16N2O4S2/c1-22-14-9-7-13(8-10-14)16-18-19-17(23-16)24-11-12-25(20,21)15-5-3-2-4-6-15/h2-10H,11-12H2,1H3. The fraction of sp³-hybridized carbons (Fsp3) is 0.176. The summed E-state index contributed by atoms with van der Waals surface area (Å²) >= 11 is 1.22. The van der Waals surface area contributed by atoms with Gasteiger partial charge in [-0.15, -0.1) is 10.2 Å². The smallest absolute Gasteiger partial charge is 0.276 e. The summed E-state index contributed by atoms with van der Waals surface area (Å²) in [6, 6.07) is 15.6. The molecule has 6 nitrogen and oxygen atoms in total. The van der Waals surface area contributed by atoms with E-state index >= 15 is 0 Å². The average Bonchev–Trinajstić information content (AvgIpc) is 3.11. The second-order valence-corrected chi connectivity index (χ2v) is 8.24. The topological polar surface area (TPSA) is 82.3 Å². The summed E-state index contributed by atoms with van der Waals surface area (Å²) in [5, 5.41) is 8.28. The van der Waals surface area contributed by atoms with Gasteiger partial charge in [-0.25, -0.2) is 8.42 Å². The van der Waals surface area contributed by atoms with Crippen LogP contribution in [0.15, 0.2) is 69.1 Å². The lowest BCUT2D eigenvalue weighted by Crippen LogP contribution is -2.08. The maximum atomic E-state index is 12.2. The van der Waals surface area contributed by atoms with Crippen LogP contribution in [0.4, 0.5) is 0 Å². The lowest BCUT2D eigenvalue weighted by Gasteiger charge is -2.02. The van der Waals surface area contributed by atoms with Crippen molar-refractivity contribution in [3.63, 3.8) is 0 Å². The molecule has 3 aromatic rings. The zero-order valence-corrected chi connectivity index (χ0v) is 15.1. The Morgan fingerprint density at radius 2 is 1.76 bits per heavy atom. The van der Waals surface area contributed by atoms with Crippen LogP contribution in [0, 0.1) is 0 Å². The van der Waals surface area contributed by atoms with Crippen LogP contribution in [0.25, 0.3) is 11.5 Å². The Balaban J connectivity index is 1.60. The molecule has 0 aliphatic rings. The Hall–Kier alpha value is -2.32. The third kappa shape index (κ3) is 4.40. The first kappa shape index (κ1) is 17.5. The molecule has 25 heavy (non-hydrogen) atoms. The van der Waals surface area contributed by atoms with Crippen molar-refractivity contribution in [1.82, 2.24) is 10.2 Å². The predicted molar refractivity (Wildman–Crippen MR) is 95.5 cm³/mol. The van der Waals surface area contributed by atoms with Gasteiger partial charge in [-0.2, -0.15) is 0 Å². The number of aromatic nitrogens is 2. The van der Waals surface area contributed by atoms with Crippen molar-refractivity contribution < 1.29 is 17.6 Å². The van der Waals surface area contributed by atoms with Gasteiger partial charge in [0.25, 0.3) is 5.22 Å². The van der Waals surface area contributed by atoms with E-state index in [1.54, 1.807) is 49.6 Å². The van der Waals surface area contributed by atoms with Gasteiger partial charge in [0, 0.05) is 11.3 Å². The molecule has 1 aromatic heterocycles. The van der Waals surface area contributed by atoms with Crippen LogP contribution in [0.3, 0.4) is 0 Å². The van der Waals surface area contributed by atoms with Crippen molar-refractivity contribution in [3.8, 4) is 17.2 Å². The Labute approximate surface area is 150 Å². The molecule has 0 fully saturated rings. The lowest BCUT2D eigenvalue weighted by molar-refractivity contribution is 0.414. The van der Waals surface area contributed by atoms with Crippen LogP contribution < -0.4 is 4.74 Å². The van der Waals surface area contributed by atoms with Gasteiger partial charge in [0.15, 0.2) is 9.84 Å². The number of sulfone groups is 1. The third-order valence-corrected chi connectivity index (χ3v) is 6.23. The number of benzene rings is 2. The molecule has 2 aromatic carbocycles. The van der Waals surface area contributed by atoms with Gasteiger partial charge in [0.2, 0.25) is 5.89 Å². The number of nitrogens with zero attached hydrogens (tertiary/aromatic N) is 2. The monoisotopic (exact) mass is 376 g/mol. The quantitative estimate of drug-likeness (QED) is 0.585. The highest BCUT2D eigenvalue weighted by Gasteiger charge is 2.15. The Morgan fingerprint density at radius 1 is 1.04 bits per heavy atom. The van der Waals surface area contributed by atoms with Crippen LogP contribution in [-0.2, 0) is 9.84 Å². The van der Waals surface area contributed by atoms with Gasteiger partial charge >= 0.3 is 0 Å². The number of methoxy groups -OCH3 is 1. The lowest BCUT2D eigenvalue weighted by atomic mass is 10.2. The molecule has 0 atom stereocenters. The summed E-state index contributed by atoms with van der Waals surface area (Å²) in [5.74, 6) is 1.46. The van der Waals surface area contributed by atoms with Crippen molar-refractivity contribution in [2.24, 2.45) is 0 Å². The van der Waals surface area contributed by atoms with Crippen molar-refractivity contribution >= 4 is 21.6 Å². The predicted octanol–water partition coefficient (Wildman–Crippen LogP) is 3.31. The minimum atomic E-state index is -3.31. The van der Waals surface area contributed by atoms with Crippen molar-refractivity contribution in [1.29, 1.82) is 0 Å². The maximum absolute atomic E-state index is 12.2. The molecule has 8 heteroatoms. The fourth-order valence-electron chi connectivity index (χ4n) is 2.10. The maximum Gasteiger partial charge on any atom is 0.276 e. The summed E-state index contributed by atoms with van der Waals surface area (Å²) in [7, 11) is -1.71. The number of thioether (sulfide) groups is 1. The minimum Gasteiger partial charge on any atom is -0.497 e. The highest BCUT2D eigenvalue weighted by molar-refractivity contribution is 8.00. The van der Waals surface area contributed by atoms with Gasteiger partial charge in [-0.3, -0.25) is 0 Å². The van der Waals surface area contributed by atoms with E-state index in [4.69, 9.17) is 9.15 Å².